The van der Waals surface area contributed by atoms with Gasteiger partial charge in [0.05, 0.1) is 22.2 Å². The maximum absolute atomic E-state index is 8.49. The van der Waals surface area contributed by atoms with Gasteiger partial charge < -0.3 is 17.5 Å². The van der Waals surface area contributed by atoms with Crippen molar-refractivity contribution in [1.82, 2.24) is 0 Å². The van der Waals surface area contributed by atoms with Gasteiger partial charge in [-0.05, 0) is 32.1 Å². The summed E-state index contributed by atoms with van der Waals surface area (Å²) in [7, 11) is -1.87. The summed E-state index contributed by atoms with van der Waals surface area (Å²) in [6.45, 7) is 12.5. The first-order valence-corrected chi connectivity index (χ1v) is 17.3. The Hall–Kier alpha value is -1.17. The fourth-order valence-corrected chi connectivity index (χ4v) is 11.1. The molecule has 32 heavy (non-hydrogen) atoms. The molecule has 2 rings (SSSR count). The largest absolute Gasteiger partial charge is 1.00 e. The van der Waals surface area contributed by atoms with Crippen LogP contribution in [0.2, 0.25) is 49.4 Å². The van der Waals surface area contributed by atoms with Crippen LogP contribution in [0.4, 0.5) is 0 Å². The minimum absolute atomic E-state index is 0. The Morgan fingerprint density at radius 3 is 1.66 bits per heavy atom. The summed E-state index contributed by atoms with van der Waals surface area (Å²) in [6.07, 6.45) is 17.6. The molecule has 0 unspecified atom stereocenters. The van der Waals surface area contributed by atoms with Gasteiger partial charge in [0.1, 0.15) is 0 Å². The Morgan fingerprint density at radius 2 is 1.34 bits per heavy atom. The molecule has 2 aliphatic rings. The Balaban J connectivity index is -0.000000428. The van der Waals surface area contributed by atoms with E-state index in [1.54, 1.807) is 0 Å². The first kappa shape index (κ1) is 35.4. The molecule has 0 spiro atoms. The summed E-state index contributed by atoms with van der Waals surface area (Å²) in [5, 5.41) is 22.1. The van der Waals surface area contributed by atoms with Crippen molar-refractivity contribution in [3.8, 4) is 6.07 Å². The molecule has 9 heteroatoms. The second-order valence-corrected chi connectivity index (χ2v) is 19.2. The van der Waals surface area contributed by atoms with Crippen molar-refractivity contribution in [3.05, 3.63) is 53.3 Å². The van der Waals surface area contributed by atoms with E-state index in [1.165, 1.54) is 61.9 Å². The van der Waals surface area contributed by atoms with Crippen LogP contribution >= 0.6 is 0 Å². The van der Waals surface area contributed by atoms with Crippen molar-refractivity contribution < 1.29 is 32.7 Å². The van der Waals surface area contributed by atoms with Crippen LogP contribution in [-0.2, 0) is 22.4 Å². The number of unbranched alkanes of at least 4 members (excludes halogenated alkanes) is 1. The smallest absolute Gasteiger partial charge is 0.358 e. The average Bonchev–Trinajstić information content (AvgIpc) is 3.03. The molecule has 0 aromatic rings. The third-order valence-electron chi connectivity index (χ3n) is 6.11. The van der Waals surface area contributed by atoms with E-state index >= 15 is 0 Å². The van der Waals surface area contributed by atoms with Gasteiger partial charge in [-0.3, -0.25) is 0 Å². The van der Waals surface area contributed by atoms with Crippen LogP contribution in [0, 0.1) is 35.4 Å². The molecule has 0 atom stereocenters. The van der Waals surface area contributed by atoms with Crippen LogP contribution in [0.1, 0.15) is 44.9 Å². The average molecular weight is 573 g/mol. The van der Waals surface area contributed by atoms with Gasteiger partial charge in [-0.25, -0.2) is 6.57 Å². The fraction of sp³-hybridized carbons (Fsp3) is 0.696. The molecule has 0 saturated heterocycles. The molecule has 0 amide bonds. The Bertz CT molecular complexity index is 559. The SMILES string of the molecule is C[Si]1(CCCC#N)CCC=CCC1.O=[N+]([O-])O.[Ag+].[C-]#[N+]CCC[Si]1(C)CCC=CCC1.[CH3-]. The molecular formula is C23H42AgN3O3Si2. The van der Waals surface area contributed by atoms with Crippen molar-refractivity contribution in [3.63, 3.8) is 0 Å². The van der Waals surface area contributed by atoms with E-state index in [9.17, 15) is 0 Å². The first-order valence-electron chi connectivity index (χ1n) is 11.1. The van der Waals surface area contributed by atoms with Crippen LogP contribution in [0.5, 0.6) is 0 Å². The predicted molar refractivity (Wildman–Crippen MR) is 135 cm³/mol. The molecule has 186 valence electrons. The topological polar surface area (TPSA) is 91.5 Å². The first-order chi connectivity index (χ1) is 14.3. The molecule has 2 aliphatic heterocycles. The standard InChI is InChI=1S/2C11H19NSi.CH3.Ag.HNO3/c1-12-8-7-11-13(2)9-5-3-4-6-10-13;1-13(11-7-4-8-12)9-5-2-3-6-10-13;;;2-1(3)4/h3-4H,5-11H2,2H3;2-3H,4-7,9-11H2,1H3;1H3;;(H,2,3,4)/q;;-1;+1;. The van der Waals surface area contributed by atoms with Crippen LogP contribution in [-0.4, -0.2) is 33.0 Å². The third-order valence-corrected chi connectivity index (χ3v) is 15.2. The van der Waals surface area contributed by atoms with Gasteiger partial charge in [0.2, 0.25) is 6.54 Å². The Labute approximate surface area is 213 Å². The van der Waals surface area contributed by atoms with Gasteiger partial charge in [-0.15, -0.1) is 10.1 Å². The van der Waals surface area contributed by atoms with E-state index in [2.05, 4.69) is 48.3 Å². The van der Waals surface area contributed by atoms with E-state index in [4.69, 9.17) is 27.2 Å². The van der Waals surface area contributed by atoms with E-state index in [0.717, 1.165) is 25.8 Å². The summed E-state index contributed by atoms with van der Waals surface area (Å²) >= 11 is 0. The maximum Gasteiger partial charge on any atom is 1.00 e. The normalized spacial score (nSPS) is 17.5. The van der Waals surface area contributed by atoms with Crippen LogP contribution < -0.4 is 0 Å². The monoisotopic (exact) mass is 571 g/mol. The van der Waals surface area contributed by atoms with E-state index in [1.807, 2.05) is 0 Å². The van der Waals surface area contributed by atoms with Gasteiger partial charge in [0.15, 0.2) is 0 Å². The summed E-state index contributed by atoms with van der Waals surface area (Å²) in [5.74, 6) is 0. The summed E-state index contributed by atoms with van der Waals surface area (Å²) in [5.41, 5.74) is 0. The number of nitrogens with zero attached hydrogens (tertiary/aromatic N) is 3. The van der Waals surface area contributed by atoms with Crippen molar-refractivity contribution in [2.75, 3.05) is 6.54 Å². The number of hydrogen-bond acceptors (Lipinski definition) is 3. The molecule has 0 bridgehead atoms. The fourth-order valence-electron chi connectivity index (χ4n) is 4.13. The van der Waals surface area contributed by atoms with Gasteiger partial charge in [0.25, 0.3) is 5.09 Å². The van der Waals surface area contributed by atoms with E-state index in [-0.39, 0.29) is 29.8 Å². The molecule has 0 radical (unpaired) electrons. The molecule has 0 saturated carbocycles. The molecule has 0 aromatic heterocycles. The van der Waals surface area contributed by atoms with E-state index in [0.29, 0.717) is 0 Å². The number of hydrogen-bond donors (Lipinski definition) is 1. The minimum Gasteiger partial charge on any atom is -0.358 e. The second-order valence-electron chi connectivity index (χ2n) is 8.95. The van der Waals surface area contributed by atoms with E-state index < -0.39 is 21.2 Å². The molecule has 2 heterocycles. The Kier molecular flexibility index (Phi) is 24.0. The van der Waals surface area contributed by atoms with Crippen molar-refractivity contribution in [2.45, 2.75) is 94.3 Å². The second kappa shape index (κ2) is 21.7. The van der Waals surface area contributed by atoms with Crippen LogP contribution in [0.25, 0.3) is 4.85 Å². The third kappa shape index (κ3) is 20.7. The molecule has 6 nitrogen and oxygen atoms in total. The number of allylic oxidation sites excluding steroid dienone is 4. The maximum atomic E-state index is 8.49. The summed E-state index contributed by atoms with van der Waals surface area (Å²) in [6, 6.07) is 10.8. The number of rotatable bonds is 6. The quantitative estimate of drug-likeness (QED) is 0.0889. The van der Waals surface area contributed by atoms with Gasteiger partial charge >= 0.3 is 22.4 Å². The summed E-state index contributed by atoms with van der Waals surface area (Å²) < 4.78 is 0. The molecular weight excluding hydrogens is 530 g/mol. The molecule has 0 aromatic carbocycles. The van der Waals surface area contributed by atoms with Gasteiger partial charge in [0, 0.05) is 12.8 Å². The molecule has 0 aliphatic carbocycles. The van der Waals surface area contributed by atoms with Crippen LogP contribution in [0.15, 0.2) is 24.3 Å². The zero-order chi connectivity index (χ0) is 22.7. The molecule has 1 N–H and O–H groups in total. The van der Waals surface area contributed by atoms with Crippen LogP contribution in [0.3, 0.4) is 0 Å². The predicted octanol–water partition coefficient (Wildman–Crippen LogP) is 7.54. The van der Waals surface area contributed by atoms with Crippen molar-refractivity contribution >= 4 is 16.1 Å². The summed E-state index contributed by atoms with van der Waals surface area (Å²) in [4.78, 5) is 11.8. The zero-order valence-electron chi connectivity index (χ0n) is 20.1. The zero-order valence-corrected chi connectivity index (χ0v) is 23.6. The Morgan fingerprint density at radius 1 is 1.00 bits per heavy atom. The van der Waals surface area contributed by atoms with Crippen molar-refractivity contribution in [2.24, 2.45) is 0 Å². The number of nitriles is 1. The van der Waals surface area contributed by atoms with Crippen molar-refractivity contribution in [1.29, 1.82) is 5.26 Å². The minimum atomic E-state index is -1.50. The van der Waals surface area contributed by atoms with Gasteiger partial charge in [-0.1, -0.05) is 73.7 Å². The van der Waals surface area contributed by atoms with Gasteiger partial charge in [-0.2, -0.15) is 5.26 Å². The molecule has 0 fully saturated rings.